The molecule has 3 nitrogen and oxygen atoms in total. The molecule has 0 rings (SSSR count). The van der Waals surface area contributed by atoms with Crippen molar-refractivity contribution < 1.29 is 9.53 Å². The molecule has 12 heavy (non-hydrogen) atoms. The Morgan fingerprint density at radius 2 is 2.08 bits per heavy atom. The summed E-state index contributed by atoms with van der Waals surface area (Å²) < 4.78 is 5.07. The van der Waals surface area contributed by atoms with Crippen molar-refractivity contribution in [3.63, 3.8) is 0 Å². The second kappa shape index (κ2) is 4.40. The zero-order valence-corrected chi connectivity index (χ0v) is 8.77. The first-order valence-corrected chi connectivity index (χ1v) is 4.21. The smallest absolute Gasteiger partial charge is 0.410 e. The normalized spacial score (nSPS) is 10.7. The van der Waals surface area contributed by atoms with E-state index in [1.54, 1.807) is 7.05 Å². The van der Waals surface area contributed by atoms with Crippen LogP contribution in [0.5, 0.6) is 0 Å². The van der Waals surface area contributed by atoms with Crippen molar-refractivity contribution >= 4 is 23.7 Å². The summed E-state index contributed by atoms with van der Waals surface area (Å²) in [6.07, 6.45) is -0.344. The lowest BCUT2D eigenvalue weighted by Gasteiger charge is -2.23. The molecule has 0 aromatic carbocycles. The summed E-state index contributed by atoms with van der Waals surface area (Å²) in [6, 6.07) is 0. The van der Waals surface area contributed by atoms with Crippen molar-refractivity contribution in [3.8, 4) is 0 Å². The highest BCUT2D eigenvalue weighted by atomic mass is 32.1. The molecule has 0 saturated carbocycles. The zero-order chi connectivity index (χ0) is 9.78. The van der Waals surface area contributed by atoms with Crippen molar-refractivity contribution in [2.24, 2.45) is 0 Å². The van der Waals surface area contributed by atoms with E-state index in [-0.39, 0.29) is 6.09 Å². The van der Waals surface area contributed by atoms with Crippen molar-refractivity contribution in [3.05, 3.63) is 0 Å². The summed E-state index contributed by atoms with van der Waals surface area (Å²) in [5.41, 5.74) is -0.438. The Bertz CT molecular complexity index is 174. The third-order valence-electron chi connectivity index (χ3n) is 1.05. The monoisotopic (exact) mass is 189 g/mol. The van der Waals surface area contributed by atoms with E-state index < -0.39 is 5.60 Å². The number of carbonyl (C=O) groups excluding carboxylic acids is 1. The topological polar surface area (TPSA) is 29.5 Å². The molecule has 70 valence electrons. The van der Waals surface area contributed by atoms with Gasteiger partial charge in [-0.15, -0.1) is 0 Å². The van der Waals surface area contributed by atoms with Gasteiger partial charge in [0.15, 0.2) is 0 Å². The van der Waals surface area contributed by atoms with Crippen molar-refractivity contribution in [2.75, 3.05) is 13.6 Å². The fourth-order valence-corrected chi connectivity index (χ4v) is 0.750. The first-order valence-electron chi connectivity index (χ1n) is 3.74. The van der Waals surface area contributed by atoms with Crippen LogP contribution in [0.3, 0.4) is 0 Å². The van der Waals surface area contributed by atoms with Crippen molar-refractivity contribution in [2.45, 2.75) is 26.4 Å². The van der Waals surface area contributed by atoms with E-state index in [4.69, 9.17) is 4.74 Å². The van der Waals surface area contributed by atoms with Gasteiger partial charge in [0.1, 0.15) is 5.60 Å². The van der Waals surface area contributed by atoms with E-state index in [1.807, 2.05) is 20.8 Å². The minimum atomic E-state index is -0.438. The van der Waals surface area contributed by atoms with E-state index in [9.17, 15) is 4.79 Å². The summed E-state index contributed by atoms with van der Waals surface area (Å²) in [4.78, 5) is 12.6. The van der Waals surface area contributed by atoms with Gasteiger partial charge >= 0.3 is 6.09 Å². The van der Waals surface area contributed by atoms with Gasteiger partial charge in [0, 0.05) is 7.05 Å². The van der Waals surface area contributed by atoms with Gasteiger partial charge in [-0.2, -0.15) is 0 Å². The maximum absolute atomic E-state index is 11.2. The number of ether oxygens (including phenoxy) is 1. The Labute approximate surface area is 78.7 Å². The molecule has 1 amide bonds. The maximum Gasteiger partial charge on any atom is 0.410 e. The molecular weight excluding hydrogens is 174 g/mol. The van der Waals surface area contributed by atoms with Crippen LogP contribution in [0.2, 0.25) is 0 Å². The van der Waals surface area contributed by atoms with Crippen LogP contribution >= 0.6 is 12.2 Å². The molecule has 0 saturated heterocycles. The Morgan fingerprint density at radius 1 is 1.58 bits per heavy atom. The van der Waals surface area contributed by atoms with Gasteiger partial charge in [-0.05, 0) is 26.1 Å². The molecule has 0 spiro atoms. The quantitative estimate of drug-likeness (QED) is 0.621. The summed E-state index contributed by atoms with van der Waals surface area (Å²) in [6.45, 7) is 5.92. The van der Waals surface area contributed by atoms with Crippen molar-refractivity contribution in [1.29, 1.82) is 0 Å². The maximum atomic E-state index is 11.2. The Balaban J connectivity index is 3.95. The van der Waals surface area contributed by atoms with E-state index in [1.165, 1.54) is 10.3 Å². The predicted molar refractivity (Wildman–Crippen MR) is 52.5 cm³/mol. The number of rotatable bonds is 2. The molecule has 0 atom stereocenters. The third kappa shape index (κ3) is 5.07. The predicted octanol–water partition coefficient (Wildman–Crippen LogP) is 1.85. The largest absolute Gasteiger partial charge is 0.444 e. The Kier molecular flexibility index (Phi) is 4.17. The fraction of sp³-hybridized carbons (Fsp3) is 0.750. The molecule has 0 N–H and O–H groups in total. The van der Waals surface area contributed by atoms with Gasteiger partial charge in [0.25, 0.3) is 0 Å². The fourth-order valence-electron chi connectivity index (χ4n) is 0.526. The van der Waals surface area contributed by atoms with Gasteiger partial charge in [0.2, 0.25) is 0 Å². The average Bonchev–Trinajstić information content (AvgIpc) is 1.84. The first-order chi connectivity index (χ1) is 5.37. The molecule has 4 heteroatoms. The number of amides is 1. The third-order valence-corrected chi connectivity index (χ3v) is 1.20. The van der Waals surface area contributed by atoms with E-state index in [2.05, 4.69) is 12.2 Å². The Morgan fingerprint density at radius 3 is 2.42 bits per heavy atom. The molecule has 0 aromatic heterocycles. The SMILES string of the molecule is CN(CC=S)C(=O)OC(C)(C)C. The lowest BCUT2D eigenvalue weighted by molar-refractivity contribution is 0.0326. The molecule has 0 fully saturated rings. The lowest BCUT2D eigenvalue weighted by atomic mass is 10.2. The second-order valence-electron chi connectivity index (χ2n) is 3.53. The van der Waals surface area contributed by atoms with Gasteiger partial charge < -0.3 is 9.64 Å². The highest BCUT2D eigenvalue weighted by molar-refractivity contribution is 7.79. The molecular formula is C8H15NO2S. The molecule has 0 bridgehead atoms. The second-order valence-corrected chi connectivity index (χ2v) is 3.86. The standard InChI is InChI=1S/C8H15NO2S/c1-8(2,3)11-7(10)9(4)5-6-12/h6H,5H2,1-4H3. The summed E-state index contributed by atoms with van der Waals surface area (Å²) in [5.74, 6) is 0. The average molecular weight is 189 g/mol. The van der Waals surface area contributed by atoms with Crippen LogP contribution in [0.25, 0.3) is 0 Å². The van der Waals surface area contributed by atoms with Crippen molar-refractivity contribution in [1.82, 2.24) is 4.90 Å². The number of carbonyl (C=O) groups is 1. The van der Waals surface area contributed by atoms with Crippen LogP contribution in [-0.4, -0.2) is 35.6 Å². The van der Waals surface area contributed by atoms with Gasteiger partial charge in [-0.25, -0.2) is 4.79 Å². The molecule has 0 aliphatic heterocycles. The first kappa shape index (κ1) is 11.4. The summed E-state index contributed by atoms with van der Waals surface area (Å²) in [5, 5.41) is 1.49. The van der Waals surface area contributed by atoms with Gasteiger partial charge in [0.05, 0.1) is 6.54 Å². The van der Waals surface area contributed by atoms with Crippen LogP contribution in [0.1, 0.15) is 20.8 Å². The van der Waals surface area contributed by atoms with Gasteiger partial charge in [-0.1, -0.05) is 12.2 Å². The van der Waals surface area contributed by atoms with E-state index in [0.717, 1.165) is 0 Å². The van der Waals surface area contributed by atoms with E-state index in [0.29, 0.717) is 6.54 Å². The van der Waals surface area contributed by atoms with Crippen LogP contribution in [0, 0.1) is 0 Å². The van der Waals surface area contributed by atoms with Crippen LogP contribution in [0.15, 0.2) is 0 Å². The summed E-state index contributed by atoms with van der Waals surface area (Å²) in [7, 11) is 1.65. The van der Waals surface area contributed by atoms with Crippen LogP contribution < -0.4 is 0 Å². The molecule has 0 heterocycles. The van der Waals surface area contributed by atoms with Gasteiger partial charge in [-0.3, -0.25) is 0 Å². The molecule has 0 radical (unpaired) electrons. The minimum absolute atomic E-state index is 0.344. The summed E-state index contributed by atoms with van der Waals surface area (Å²) >= 11 is 4.61. The number of hydrogen-bond acceptors (Lipinski definition) is 3. The highest BCUT2D eigenvalue weighted by Gasteiger charge is 2.18. The number of hydrogen-bond donors (Lipinski definition) is 0. The minimum Gasteiger partial charge on any atom is -0.444 e. The molecule has 0 aromatic rings. The highest BCUT2D eigenvalue weighted by Crippen LogP contribution is 2.08. The molecule has 0 aliphatic carbocycles. The van der Waals surface area contributed by atoms with Crippen LogP contribution in [-0.2, 0) is 4.74 Å². The number of thiocarbonyl (C=S) groups is 1. The molecule has 0 unspecified atom stereocenters. The molecule has 0 aliphatic rings. The Hall–Kier alpha value is -0.640. The van der Waals surface area contributed by atoms with E-state index >= 15 is 0 Å². The number of nitrogens with zero attached hydrogens (tertiary/aromatic N) is 1. The van der Waals surface area contributed by atoms with Crippen LogP contribution in [0.4, 0.5) is 4.79 Å². The lowest BCUT2D eigenvalue weighted by Crippen LogP contribution is -2.34. The zero-order valence-electron chi connectivity index (χ0n) is 7.96.